The highest BCUT2D eigenvalue weighted by atomic mass is 32.2. The van der Waals surface area contributed by atoms with E-state index in [-0.39, 0.29) is 37.6 Å². The molecule has 0 saturated heterocycles. The molecule has 2 N–H and O–H groups in total. The van der Waals surface area contributed by atoms with Crippen molar-refractivity contribution < 1.29 is 19.9 Å². The minimum absolute atomic E-state index is 0.0669. The van der Waals surface area contributed by atoms with Crippen LogP contribution in [0.15, 0.2) is 23.1 Å². The van der Waals surface area contributed by atoms with Crippen LogP contribution in [0.1, 0.15) is 10.4 Å². The maximum Gasteiger partial charge on any atom is 0.283 e. The van der Waals surface area contributed by atoms with E-state index >= 15 is 0 Å². The highest BCUT2D eigenvalue weighted by Crippen LogP contribution is 2.28. The van der Waals surface area contributed by atoms with E-state index in [1.54, 1.807) is 6.26 Å². The summed E-state index contributed by atoms with van der Waals surface area (Å²) in [4.78, 5) is 24.3. The number of hydrogen-bond acceptors (Lipinski definition) is 6. The molecule has 0 bridgehead atoms. The van der Waals surface area contributed by atoms with Gasteiger partial charge in [-0.25, -0.2) is 0 Å². The van der Waals surface area contributed by atoms with Crippen molar-refractivity contribution in [1.82, 2.24) is 4.90 Å². The molecule has 8 heteroatoms. The fraction of sp³-hybridized carbons (Fsp3) is 0.417. The molecule has 0 atom stereocenters. The first-order valence-electron chi connectivity index (χ1n) is 5.88. The van der Waals surface area contributed by atoms with Crippen LogP contribution in [-0.2, 0) is 0 Å². The summed E-state index contributed by atoms with van der Waals surface area (Å²) in [6.45, 7) is -0.345. The fourth-order valence-corrected chi connectivity index (χ4v) is 2.25. The molecule has 20 heavy (non-hydrogen) atoms. The second kappa shape index (κ2) is 7.83. The van der Waals surface area contributed by atoms with Crippen LogP contribution < -0.4 is 0 Å². The van der Waals surface area contributed by atoms with E-state index in [0.717, 1.165) is 0 Å². The van der Waals surface area contributed by atoms with Crippen LogP contribution in [0.25, 0.3) is 0 Å². The molecule has 0 aliphatic heterocycles. The molecule has 0 spiro atoms. The summed E-state index contributed by atoms with van der Waals surface area (Å²) < 4.78 is 0. The molecule has 1 aromatic carbocycles. The smallest absolute Gasteiger partial charge is 0.283 e. The molecule has 1 amide bonds. The first kappa shape index (κ1) is 16.4. The summed E-state index contributed by atoms with van der Waals surface area (Å²) in [5.74, 6) is -0.455. The van der Waals surface area contributed by atoms with Gasteiger partial charge >= 0.3 is 0 Å². The summed E-state index contributed by atoms with van der Waals surface area (Å²) in [6, 6.07) is 4.24. The largest absolute Gasteiger partial charge is 0.395 e. The zero-order chi connectivity index (χ0) is 15.1. The summed E-state index contributed by atoms with van der Waals surface area (Å²) >= 11 is 1.23. The van der Waals surface area contributed by atoms with Gasteiger partial charge in [0.25, 0.3) is 11.6 Å². The molecule has 0 heterocycles. The molecule has 110 valence electrons. The van der Waals surface area contributed by atoms with E-state index in [2.05, 4.69) is 0 Å². The maximum absolute atomic E-state index is 12.2. The van der Waals surface area contributed by atoms with Gasteiger partial charge in [0.15, 0.2) is 0 Å². The van der Waals surface area contributed by atoms with E-state index in [1.165, 1.54) is 34.9 Å². The van der Waals surface area contributed by atoms with Gasteiger partial charge in [-0.2, -0.15) is 0 Å². The van der Waals surface area contributed by atoms with Gasteiger partial charge in [-0.3, -0.25) is 14.9 Å². The zero-order valence-corrected chi connectivity index (χ0v) is 11.8. The molecule has 1 aromatic rings. The number of aliphatic hydroxyl groups is 2. The van der Waals surface area contributed by atoms with E-state index in [0.29, 0.717) is 4.90 Å². The van der Waals surface area contributed by atoms with E-state index < -0.39 is 10.8 Å². The summed E-state index contributed by atoms with van der Waals surface area (Å²) in [7, 11) is 0. The van der Waals surface area contributed by atoms with Crippen LogP contribution in [-0.4, -0.2) is 58.5 Å². The van der Waals surface area contributed by atoms with Crippen LogP contribution in [0.3, 0.4) is 0 Å². The second-order valence-corrected chi connectivity index (χ2v) is 4.73. The number of carbonyl (C=O) groups is 1. The molecule has 0 radical (unpaired) electrons. The molecular weight excluding hydrogens is 284 g/mol. The van der Waals surface area contributed by atoms with Gasteiger partial charge in [0.2, 0.25) is 0 Å². The molecule has 0 fully saturated rings. The van der Waals surface area contributed by atoms with Crippen LogP contribution in [0, 0.1) is 10.1 Å². The highest BCUT2D eigenvalue weighted by molar-refractivity contribution is 7.98. The molecule has 1 rings (SSSR count). The van der Waals surface area contributed by atoms with E-state index in [4.69, 9.17) is 10.2 Å². The standard InChI is InChI=1S/C12H16N2O5S/c1-20-11-3-2-9(8-10(11)14(18)19)12(17)13(4-6-15)5-7-16/h2-3,8,15-16H,4-7H2,1H3. The van der Waals surface area contributed by atoms with E-state index in [9.17, 15) is 14.9 Å². The SMILES string of the molecule is CSc1ccc(C(=O)N(CCO)CCO)cc1[N+](=O)[O-]. The first-order valence-corrected chi connectivity index (χ1v) is 7.11. The van der Waals surface area contributed by atoms with Gasteiger partial charge in [0, 0.05) is 24.7 Å². The van der Waals surface area contributed by atoms with Crippen LogP contribution in [0.4, 0.5) is 5.69 Å². The first-order chi connectivity index (χ1) is 9.54. The number of amides is 1. The Hall–Kier alpha value is -1.64. The van der Waals surface area contributed by atoms with Crippen molar-refractivity contribution in [3.8, 4) is 0 Å². The zero-order valence-electron chi connectivity index (χ0n) is 11.0. The number of nitro groups is 1. The summed E-state index contributed by atoms with van der Waals surface area (Å²) in [6.07, 6.45) is 1.72. The Morgan fingerprint density at radius 2 is 1.95 bits per heavy atom. The van der Waals surface area contributed by atoms with Crippen molar-refractivity contribution in [3.05, 3.63) is 33.9 Å². The number of nitrogens with zero attached hydrogens (tertiary/aromatic N) is 2. The molecule has 0 aliphatic carbocycles. The predicted molar refractivity (Wildman–Crippen MR) is 75.0 cm³/mol. The van der Waals surface area contributed by atoms with Crippen molar-refractivity contribution >= 4 is 23.4 Å². The molecule has 0 unspecified atom stereocenters. The predicted octanol–water partition coefficient (Wildman–Crippen LogP) is 0.744. The summed E-state index contributed by atoms with van der Waals surface area (Å²) in [5, 5.41) is 28.8. The Kier molecular flexibility index (Phi) is 6.43. The normalized spacial score (nSPS) is 10.3. The number of hydrogen-bond donors (Lipinski definition) is 2. The van der Waals surface area contributed by atoms with Crippen molar-refractivity contribution in [2.24, 2.45) is 0 Å². The number of nitro benzene ring substituents is 1. The third-order valence-corrected chi connectivity index (χ3v) is 3.43. The fourth-order valence-electron chi connectivity index (χ4n) is 1.70. The molecule has 7 nitrogen and oxygen atoms in total. The van der Waals surface area contributed by atoms with Gasteiger partial charge < -0.3 is 15.1 Å². The third kappa shape index (κ3) is 3.92. The van der Waals surface area contributed by atoms with E-state index in [1.807, 2.05) is 0 Å². The van der Waals surface area contributed by atoms with Gasteiger partial charge in [0.1, 0.15) is 0 Å². The number of thioether (sulfide) groups is 1. The van der Waals surface area contributed by atoms with Gasteiger partial charge in [-0.05, 0) is 18.4 Å². The Morgan fingerprint density at radius 1 is 1.35 bits per heavy atom. The van der Waals surface area contributed by atoms with Gasteiger partial charge in [-0.1, -0.05) is 0 Å². The van der Waals surface area contributed by atoms with Crippen molar-refractivity contribution in [2.45, 2.75) is 4.90 Å². The Balaban J connectivity index is 3.08. The number of rotatable bonds is 7. The van der Waals surface area contributed by atoms with Gasteiger partial charge in [-0.15, -0.1) is 11.8 Å². The Labute approximate surface area is 120 Å². The van der Waals surface area contributed by atoms with Crippen LogP contribution >= 0.6 is 11.8 Å². The maximum atomic E-state index is 12.2. The van der Waals surface area contributed by atoms with Crippen LogP contribution in [0.2, 0.25) is 0 Å². The second-order valence-electron chi connectivity index (χ2n) is 3.88. The molecular formula is C12H16N2O5S. The lowest BCUT2D eigenvalue weighted by molar-refractivity contribution is -0.387. The molecule has 0 aliphatic rings. The number of benzene rings is 1. The van der Waals surface area contributed by atoms with Crippen molar-refractivity contribution in [1.29, 1.82) is 0 Å². The highest BCUT2D eigenvalue weighted by Gasteiger charge is 2.20. The Bertz CT molecular complexity index is 489. The lowest BCUT2D eigenvalue weighted by Crippen LogP contribution is -2.35. The third-order valence-electron chi connectivity index (χ3n) is 2.65. The summed E-state index contributed by atoms with van der Waals surface area (Å²) in [5.41, 5.74) is 0.0349. The minimum atomic E-state index is -0.537. The average molecular weight is 300 g/mol. The lowest BCUT2D eigenvalue weighted by atomic mass is 10.1. The quantitative estimate of drug-likeness (QED) is 0.437. The molecule has 0 aromatic heterocycles. The number of carbonyl (C=O) groups excluding carboxylic acids is 1. The van der Waals surface area contributed by atoms with Gasteiger partial charge in [0.05, 0.1) is 23.0 Å². The van der Waals surface area contributed by atoms with Crippen molar-refractivity contribution in [2.75, 3.05) is 32.6 Å². The molecule has 0 saturated carbocycles. The lowest BCUT2D eigenvalue weighted by Gasteiger charge is -2.20. The topological polar surface area (TPSA) is 104 Å². The Morgan fingerprint density at radius 3 is 2.40 bits per heavy atom. The van der Waals surface area contributed by atoms with Crippen LogP contribution in [0.5, 0.6) is 0 Å². The number of aliphatic hydroxyl groups excluding tert-OH is 2. The van der Waals surface area contributed by atoms with Crippen molar-refractivity contribution in [3.63, 3.8) is 0 Å². The average Bonchev–Trinajstić information content (AvgIpc) is 2.45. The minimum Gasteiger partial charge on any atom is -0.395 e. The monoisotopic (exact) mass is 300 g/mol.